The zero-order valence-electron chi connectivity index (χ0n) is 9.47. The van der Waals surface area contributed by atoms with E-state index in [9.17, 15) is 0 Å². The van der Waals surface area contributed by atoms with Gasteiger partial charge in [0.2, 0.25) is 0 Å². The van der Waals surface area contributed by atoms with Crippen LogP contribution >= 0.6 is 0 Å². The highest BCUT2D eigenvalue weighted by molar-refractivity contribution is 4.84. The van der Waals surface area contributed by atoms with E-state index in [0.717, 1.165) is 19.3 Å². The minimum Gasteiger partial charge on any atom is -0.381 e. The number of nitrogens with zero attached hydrogens (tertiary/aromatic N) is 1. The highest BCUT2D eigenvalue weighted by Crippen LogP contribution is 2.24. The van der Waals surface area contributed by atoms with Crippen LogP contribution in [-0.4, -0.2) is 36.7 Å². The number of hydrogen-bond donors (Lipinski definition) is 0. The minimum atomic E-state index is 0.335. The molecule has 0 saturated carbocycles. The van der Waals surface area contributed by atoms with Crippen LogP contribution in [0.2, 0.25) is 0 Å². The van der Waals surface area contributed by atoms with E-state index in [1.165, 1.54) is 19.3 Å². The third-order valence-electron chi connectivity index (χ3n) is 3.56. The average Bonchev–Trinajstić information content (AvgIpc) is 2.18. The van der Waals surface area contributed by atoms with Crippen LogP contribution in [0, 0.1) is 0 Å². The summed E-state index contributed by atoms with van der Waals surface area (Å²) >= 11 is 0. The smallest absolute Gasteiger partial charge is 0.0480 e. The fraction of sp³-hybridized carbons (Fsp3) is 1.00. The van der Waals surface area contributed by atoms with Crippen LogP contribution in [-0.2, 0) is 4.74 Å². The highest BCUT2D eigenvalue weighted by Gasteiger charge is 2.28. The molecule has 0 aromatic heterocycles. The van der Waals surface area contributed by atoms with Crippen LogP contribution in [0.25, 0.3) is 0 Å². The van der Waals surface area contributed by atoms with Crippen LogP contribution in [0.5, 0.6) is 0 Å². The summed E-state index contributed by atoms with van der Waals surface area (Å²) in [5, 5.41) is 0. The molecule has 2 nitrogen and oxygen atoms in total. The molecule has 13 heavy (non-hydrogen) atoms. The summed E-state index contributed by atoms with van der Waals surface area (Å²) in [6.45, 7) is 8.78. The molecule has 2 heteroatoms. The van der Waals surface area contributed by atoms with Crippen molar-refractivity contribution in [3.8, 4) is 0 Å². The van der Waals surface area contributed by atoms with Crippen molar-refractivity contribution in [1.29, 1.82) is 0 Å². The van der Waals surface area contributed by atoms with Crippen LogP contribution < -0.4 is 0 Å². The van der Waals surface area contributed by atoms with E-state index in [0.29, 0.717) is 5.54 Å². The molecule has 0 aromatic carbocycles. The van der Waals surface area contributed by atoms with Crippen LogP contribution in [0.1, 0.15) is 40.0 Å². The molecule has 0 bridgehead atoms. The van der Waals surface area contributed by atoms with E-state index in [4.69, 9.17) is 4.74 Å². The Morgan fingerprint density at radius 1 is 1.31 bits per heavy atom. The lowest BCUT2D eigenvalue weighted by Crippen LogP contribution is -2.48. The summed E-state index contributed by atoms with van der Waals surface area (Å²) in [6.07, 6.45) is 3.60. The molecular weight excluding hydrogens is 162 g/mol. The monoisotopic (exact) mass is 185 g/mol. The molecule has 1 fully saturated rings. The van der Waals surface area contributed by atoms with Gasteiger partial charge < -0.3 is 4.74 Å². The first-order valence-corrected chi connectivity index (χ1v) is 5.38. The zero-order chi connectivity index (χ0) is 9.90. The quantitative estimate of drug-likeness (QED) is 0.669. The standard InChI is InChI=1S/C11H23NO/c1-5-11(2,3)12(4)10-6-8-13-9-7-10/h10H,5-9H2,1-4H3. The lowest BCUT2D eigenvalue weighted by Gasteiger charge is -2.42. The van der Waals surface area contributed by atoms with Crippen molar-refractivity contribution in [3.05, 3.63) is 0 Å². The molecule has 78 valence electrons. The van der Waals surface area contributed by atoms with Gasteiger partial charge in [0.05, 0.1) is 0 Å². The Bertz CT molecular complexity index is 150. The molecule has 0 amide bonds. The van der Waals surface area contributed by atoms with Gasteiger partial charge in [0.25, 0.3) is 0 Å². The van der Waals surface area contributed by atoms with E-state index >= 15 is 0 Å². The predicted octanol–water partition coefficient (Wildman–Crippen LogP) is 2.29. The van der Waals surface area contributed by atoms with E-state index in [2.05, 4.69) is 32.7 Å². The van der Waals surface area contributed by atoms with Crippen molar-refractivity contribution in [2.24, 2.45) is 0 Å². The van der Waals surface area contributed by atoms with Gasteiger partial charge in [0, 0.05) is 24.8 Å². The van der Waals surface area contributed by atoms with Crippen molar-refractivity contribution < 1.29 is 4.74 Å². The minimum absolute atomic E-state index is 0.335. The van der Waals surface area contributed by atoms with Crippen molar-refractivity contribution in [3.63, 3.8) is 0 Å². The van der Waals surface area contributed by atoms with E-state index in [1.54, 1.807) is 0 Å². The van der Waals surface area contributed by atoms with Crippen molar-refractivity contribution in [2.45, 2.75) is 51.6 Å². The van der Waals surface area contributed by atoms with Crippen LogP contribution in [0.15, 0.2) is 0 Å². The summed E-state index contributed by atoms with van der Waals surface area (Å²) in [6, 6.07) is 0.726. The molecule has 1 aliphatic rings. The van der Waals surface area contributed by atoms with Gasteiger partial charge in [-0.2, -0.15) is 0 Å². The molecular formula is C11H23NO. The second-order valence-corrected chi connectivity index (χ2v) is 4.62. The van der Waals surface area contributed by atoms with Gasteiger partial charge in [-0.15, -0.1) is 0 Å². The second kappa shape index (κ2) is 4.43. The first-order valence-electron chi connectivity index (χ1n) is 5.38. The Labute approximate surface area is 82.3 Å². The van der Waals surface area contributed by atoms with Crippen molar-refractivity contribution >= 4 is 0 Å². The molecule has 0 aliphatic carbocycles. The van der Waals surface area contributed by atoms with Gasteiger partial charge in [-0.25, -0.2) is 0 Å². The Kier molecular flexibility index (Phi) is 3.74. The summed E-state index contributed by atoms with van der Waals surface area (Å²) < 4.78 is 5.37. The van der Waals surface area contributed by atoms with Crippen LogP contribution in [0.3, 0.4) is 0 Å². The molecule has 0 aromatic rings. The topological polar surface area (TPSA) is 12.5 Å². The van der Waals surface area contributed by atoms with Gasteiger partial charge in [-0.05, 0) is 40.2 Å². The van der Waals surface area contributed by atoms with Gasteiger partial charge >= 0.3 is 0 Å². The molecule has 0 unspecified atom stereocenters. The Morgan fingerprint density at radius 2 is 1.85 bits per heavy atom. The van der Waals surface area contributed by atoms with E-state index in [-0.39, 0.29) is 0 Å². The van der Waals surface area contributed by atoms with Crippen LogP contribution in [0.4, 0.5) is 0 Å². The maximum absolute atomic E-state index is 5.37. The normalized spacial score (nSPS) is 21.0. The van der Waals surface area contributed by atoms with Crippen molar-refractivity contribution in [1.82, 2.24) is 4.90 Å². The lowest BCUT2D eigenvalue weighted by molar-refractivity contribution is 0.00587. The highest BCUT2D eigenvalue weighted by atomic mass is 16.5. The summed E-state index contributed by atoms with van der Waals surface area (Å²) in [4.78, 5) is 2.52. The largest absolute Gasteiger partial charge is 0.381 e. The first kappa shape index (κ1) is 11.0. The van der Waals surface area contributed by atoms with Gasteiger partial charge in [-0.3, -0.25) is 4.90 Å². The van der Waals surface area contributed by atoms with Crippen molar-refractivity contribution in [2.75, 3.05) is 20.3 Å². The van der Waals surface area contributed by atoms with Gasteiger partial charge in [0.1, 0.15) is 0 Å². The van der Waals surface area contributed by atoms with E-state index in [1.807, 2.05) is 0 Å². The molecule has 1 heterocycles. The summed E-state index contributed by atoms with van der Waals surface area (Å²) in [5.41, 5.74) is 0.335. The zero-order valence-corrected chi connectivity index (χ0v) is 9.47. The second-order valence-electron chi connectivity index (χ2n) is 4.62. The summed E-state index contributed by atoms with van der Waals surface area (Å²) in [7, 11) is 2.25. The lowest BCUT2D eigenvalue weighted by atomic mass is 9.95. The Balaban J connectivity index is 2.49. The molecule has 1 aliphatic heterocycles. The Hall–Kier alpha value is -0.0800. The average molecular weight is 185 g/mol. The molecule has 0 N–H and O–H groups in total. The first-order chi connectivity index (χ1) is 6.08. The predicted molar refractivity (Wildman–Crippen MR) is 56.0 cm³/mol. The molecule has 0 spiro atoms. The molecule has 0 atom stereocenters. The number of rotatable bonds is 3. The number of hydrogen-bond acceptors (Lipinski definition) is 2. The Morgan fingerprint density at radius 3 is 2.31 bits per heavy atom. The van der Waals surface area contributed by atoms with Gasteiger partial charge in [-0.1, -0.05) is 6.92 Å². The van der Waals surface area contributed by atoms with Gasteiger partial charge in [0.15, 0.2) is 0 Å². The molecule has 0 radical (unpaired) electrons. The SMILES string of the molecule is CCC(C)(C)N(C)C1CCOCC1. The van der Waals surface area contributed by atoms with E-state index < -0.39 is 0 Å². The summed E-state index contributed by atoms with van der Waals surface area (Å²) in [5.74, 6) is 0. The maximum atomic E-state index is 5.37. The number of ether oxygens (including phenoxy) is 1. The molecule has 1 saturated heterocycles. The third-order valence-corrected chi connectivity index (χ3v) is 3.56. The fourth-order valence-corrected chi connectivity index (χ4v) is 1.82. The molecule has 1 rings (SSSR count). The third kappa shape index (κ3) is 2.68. The maximum Gasteiger partial charge on any atom is 0.0480 e. The fourth-order valence-electron chi connectivity index (χ4n) is 1.82.